The molecule has 1 fully saturated rings. The number of hydrogen-bond donors (Lipinski definition) is 1. The van der Waals surface area contributed by atoms with Gasteiger partial charge in [-0.1, -0.05) is 0 Å². The molecule has 1 aliphatic heterocycles. The molecule has 1 saturated heterocycles. The van der Waals surface area contributed by atoms with Crippen LogP contribution in [0.25, 0.3) is 0 Å². The number of hydrogen-bond acceptors (Lipinski definition) is 6. The van der Waals surface area contributed by atoms with E-state index in [0.29, 0.717) is 13.2 Å². The predicted octanol–water partition coefficient (Wildman–Crippen LogP) is 0.586. The van der Waals surface area contributed by atoms with Gasteiger partial charge in [-0.2, -0.15) is 0 Å². The standard InChI is InChI=1S/C8H10N4O3/c13-12(14)7-3-9-5-10-8(7)11-6-1-2-15-4-6/h3,5-6H,1-2,4H2,(H,9,10,11)/t6-/m1/s1. The van der Waals surface area contributed by atoms with Crippen LogP contribution < -0.4 is 5.32 Å². The Morgan fingerprint density at radius 3 is 3.20 bits per heavy atom. The fraction of sp³-hybridized carbons (Fsp3) is 0.500. The van der Waals surface area contributed by atoms with E-state index in [1.807, 2.05) is 0 Å². The van der Waals surface area contributed by atoms with Crippen molar-refractivity contribution in [2.45, 2.75) is 12.5 Å². The van der Waals surface area contributed by atoms with E-state index in [-0.39, 0.29) is 17.5 Å². The van der Waals surface area contributed by atoms with E-state index in [4.69, 9.17) is 4.74 Å². The second-order valence-corrected chi connectivity index (χ2v) is 3.22. The highest BCUT2D eigenvalue weighted by Crippen LogP contribution is 2.21. The molecule has 80 valence electrons. The number of nitro groups is 1. The van der Waals surface area contributed by atoms with Gasteiger partial charge in [0.25, 0.3) is 0 Å². The minimum atomic E-state index is -0.502. The van der Waals surface area contributed by atoms with Gasteiger partial charge in [-0.05, 0) is 6.42 Å². The molecule has 0 amide bonds. The van der Waals surface area contributed by atoms with Crippen molar-refractivity contribution >= 4 is 11.5 Å². The summed E-state index contributed by atoms with van der Waals surface area (Å²) in [5.41, 5.74) is -0.107. The molecular formula is C8H10N4O3. The summed E-state index contributed by atoms with van der Waals surface area (Å²) in [5.74, 6) is 0.255. The summed E-state index contributed by atoms with van der Waals surface area (Å²) >= 11 is 0. The van der Waals surface area contributed by atoms with Gasteiger partial charge in [0, 0.05) is 6.61 Å². The van der Waals surface area contributed by atoms with Crippen LogP contribution in [0.4, 0.5) is 11.5 Å². The van der Waals surface area contributed by atoms with E-state index in [9.17, 15) is 10.1 Å². The molecule has 1 aromatic heterocycles. The summed E-state index contributed by atoms with van der Waals surface area (Å²) < 4.78 is 5.15. The monoisotopic (exact) mass is 210 g/mol. The molecule has 1 aliphatic rings. The third-order valence-electron chi connectivity index (χ3n) is 2.16. The minimum absolute atomic E-state index is 0.0959. The summed E-state index contributed by atoms with van der Waals surface area (Å²) in [6.45, 7) is 1.23. The topological polar surface area (TPSA) is 90.2 Å². The highest BCUT2D eigenvalue weighted by molar-refractivity contribution is 5.54. The van der Waals surface area contributed by atoms with Crippen LogP contribution in [0.2, 0.25) is 0 Å². The lowest BCUT2D eigenvalue weighted by molar-refractivity contribution is -0.384. The van der Waals surface area contributed by atoms with Crippen LogP contribution in [-0.4, -0.2) is 34.1 Å². The van der Waals surface area contributed by atoms with Gasteiger partial charge in [0.1, 0.15) is 12.5 Å². The first-order valence-electron chi connectivity index (χ1n) is 4.56. The van der Waals surface area contributed by atoms with Gasteiger partial charge in [0.05, 0.1) is 17.6 Å². The van der Waals surface area contributed by atoms with Crippen molar-refractivity contribution in [3.8, 4) is 0 Å². The average molecular weight is 210 g/mol. The zero-order valence-electron chi connectivity index (χ0n) is 7.92. The minimum Gasteiger partial charge on any atom is -0.379 e. The molecule has 0 aliphatic carbocycles. The van der Waals surface area contributed by atoms with Gasteiger partial charge >= 0.3 is 5.69 Å². The molecule has 15 heavy (non-hydrogen) atoms. The largest absolute Gasteiger partial charge is 0.379 e. The molecular weight excluding hydrogens is 200 g/mol. The van der Waals surface area contributed by atoms with Crippen molar-refractivity contribution in [1.29, 1.82) is 0 Å². The van der Waals surface area contributed by atoms with E-state index in [1.165, 1.54) is 12.5 Å². The molecule has 2 rings (SSSR count). The van der Waals surface area contributed by atoms with Gasteiger partial charge in [0.15, 0.2) is 0 Å². The summed E-state index contributed by atoms with van der Waals surface area (Å²) in [5, 5.41) is 13.6. The van der Waals surface area contributed by atoms with Crippen molar-refractivity contribution in [2.75, 3.05) is 18.5 Å². The van der Waals surface area contributed by atoms with Gasteiger partial charge < -0.3 is 10.1 Å². The molecule has 1 atom stereocenters. The molecule has 0 bridgehead atoms. The molecule has 2 heterocycles. The van der Waals surface area contributed by atoms with Crippen LogP contribution in [-0.2, 0) is 4.74 Å². The van der Waals surface area contributed by atoms with Crippen LogP contribution in [0.1, 0.15) is 6.42 Å². The molecule has 0 unspecified atom stereocenters. The van der Waals surface area contributed by atoms with Crippen molar-refractivity contribution in [3.05, 3.63) is 22.6 Å². The Morgan fingerprint density at radius 2 is 2.53 bits per heavy atom. The van der Waals surface area contributed by atoms with E-state index in [0.717, 1.165) is 6.42 Å². The highest BCUT2D eigenvalue weighted by atomic mass is 16.6. The summed E-state index contributed by atoms with van der Waals surface area (Å²) in [4.78, 5) is 17.6. The van der Waals surface area contributed by atoms with Gasteiger partial charge in [-0.3, -0.25) is 10.1 Å². The van der Waals surface area contributed by atoms with Crippen LogP contribution in [0.15, 0.2) is 12.5 Å². The fourth-order valence-corrected chi connectivity index (χ4v) is 1.41. The number of aromatic nitrogens is 2. The summed E-state index contributed by atoms with van der Waals surface area (Å²) in [6, 6.07) is 0.0959. The molecule has 1 N–H and O–H groups in total. The molecule has 0 radical (unpaired) electrons. The fourth-order valence-electron chi connectivity index (χ4n) is 1.41. The maximum absolute atomic E-state index is 10.6. The number of nitrogens with zero attached hydrogens (tertiary/aromatic N) is 3. The Hall–Kier alpha value is -1.76. The SMILES string of the molecule is O=[N+]([O-])c1cncnc1N[C@@H]1CCOC1. The zero-order valence-corrected chi connectivity index (χ0v) is 7.92. The molecule has 0 saturated carbocycles. The van der Waals surface area contributed by atoms with Crippen molar-refractivity contribution in [3.63, 3.8) is 0 Å². The smallest absolute Gasteiger partial charge is 0.329 e. The van der Waals surface area contributed by atoms with Crippen molar-refractivity contribution in [1.82, 2.24) is 9.97 Å². The van der Waals surface area contributed by atoms with Gasteiger partial charge in [0.2, 0.25) is 5.82 Å². The van der Waals surface area contributed by atoms with Crippen LogP contribution >= 0.6 is 0 Å². The lowest BCUT2D eigenvalue weighted by Crippen LogP contribution is -2.20. The van der Waals surface area contributed by atoms with E-state index in [2.05, 4.69) is 15.3 Å². The van der Waals surface area contributed by atoms with E-state index >= 15 is 0 Å². The molecule has 0 spiro atoms. The molecule has 7 nitrogen and oxygen atoms in total. The van der Waals surface area contributed by atoms with Crippen molar-refractivity contribution < 1.29 is 9.66 Å². The third kappa shape index (κ3) is 2.18. The predicted molar refractivity (Wildman–Crippen MR) is 51.5 cm³/mol. The Bertz CT molecular complexity index is 365. The average Bonchev–Trinajstić information content (AvgIpc) is 2.71. The second kappa shape index (κ2) is 4.18. The zero-order chi connectivity index (χ0) is 10.7. The van der Waals surface area contributed by atoms with Crippen LogP contribution in [0.3, 0.4) is 0 Å². The van der Waals surface area contributed by atoms with Gasteiger partial charge in [-0.15, -0.1) is 0 Å². The normalized spacial score (nSPS) is 20.1. The highest BCUT2D eigenvalue weighted by Gasteiger charge is 2.21. The molecule has 0 aromatic carbocycles. The maximum Gasteiger partial charge on any atom is 0.329 e. The lowest BCUT2D eigenvalue weighted by Gasteiger charge is -2.10. The van der Waals surface area contributed by atoms with E-state index in [1.54, 1.807) is 0 Å². The molecule has 1 aromatic rings. The first-order valence-corrected chi connectivity index (χ1v) is 4.56. The lowest BCUT2D eigenvalue weighted by atomic mass is 10.2. The second-order valence-electron chi connectivity index (χ2n) is 3.22. The first kappa shape index (κ1) is 9.78. The Balaban J connectivity index is 2.15. The Labute approximate surface area is 85.6 Å². The van der Waals surface area contributed by atoms with Gasteiger partial charge in [-0.25, -0.2) is 9.97 Å². The van der Waals surface area contributed by atoms with E-state index < -0.39 is 4.92 Å². The molecule has 7 heteroatoms. The number of rotatable bonds is 3. The third-order valence-corrected chi connectivity index (χ3v) is 2.16. The number of nitrogens with one attached hydrogen (secondary N) is 1. The summed E-state index contributed by atoms with van der Waals surface area (Å²) in [6.07, 6.45) is 3.30. The van der Waals surface area contributed by atoms with Crippen LogP contribution in [0, 0.1) is 10.1 Å². The number of anilines is 1. The first-order chi connectivity index (χ1) is 7.27. The number of ether oxygens (including phenoxy) is 1. The maximum atomic E-state index is 10.6. The Kier molecular flexibility index (Phi) is 2.72. The van der Waals surface area contributed by atoms with Crippen LogP contribution in [0.5, 0.6) is 0 Å². The van der Waals surface area contributed by atoms with Crippen molar-refractivity contribution in [2.24, 2.45) is 0 Å². The Morgan fingerprint density at radius 1 is 1.67 bits per heavy atom. The quantitative estimate of drug-likeness (QED) is 0.579. The summed E-state index contributed by atoms with van der Waals surface area (Å²) in [7, 11) is 0.